The number of hydrogen-bond donors (Lipinski definition) is 0. The van der Waals surface area contributed by atoms with Crippen molar-refractivity contribution in [2.45, 2.75) is 112 Å². The minimum Gasteiger partial charge on any atom is -0.314 e. The van der Waals surface area contributed by atoms with Gasteiger partial charge in [0.25, 0.3) is 0 Å². The topological polar surface area (TPSA) is 11.4 Å². The molecule has 8 aromatic carbocycles. The van der Waals surface area contributed by atoms with Crippen molar-refractivity contribution in [3.63, 3.8) is 0 Å². The van der Waals surface area contributed by atoms with Gasteiger partial charge in [0.15, 0.2) is 0 Å². The van der Waals surface area contributed by atoms with Gasteiger partial charge in [-0.2, -0.15) is 0 Å². The average Bonchev–Trinajstić information content (AvgIpc) is 3.98. The number of aromatic nitrogens is 1. The SMILES string of the molecule is C/C=C\C1=C(C)C(C)(C)c2cc(N(/C(C)=C/C=C3/C=CC=CC3(C)C)c3cc4c5c(c3)c3cc(N(c6ccc(-c7ccccc7)c(C(C)C)c6)c6cccc7ccccc67)cc6c3n5-c3c(cccc3C6(C)C)C4(C)C)ccc21. The highest BCUT2D eigenvalue weighted by molar-refractivity contribution is 6.17. The van der Waals surface area contributed by atoms with Crippen LogP contribution in [-0.4, -0.2) is 4.57 Å². The van der Waals surface area contributed by atoms with Gasteiger partial charge in [-0.05, 0) is 154 Å². The molecule has 0 N–H and O–H groups in total. The van der Waals surface area contributed by atoms with E-state index in [1.54, 1.807) is 0 Å². The van der Waals surface area contributed by atoms with Crippen LogP contribution in [0.3, 0.4) is 0 Å². The molecule has 0 amide bonds. The average molecular weight is 1030 g/mol. The Bertz CT molecular complexity index is 4240. The molecule has 0 fully saturated rings. The Balaban J connectivity index is 1.12. The van der Waals surface area contributed by atoms with E-state index in [0.717, 1.165) is 34.1 Å². The van der Waals surface area contributed by atoms with E-state index in [1.807, 2.05) is 0 Å². The molecule has 3 heteroatoms. The van der Waals surface area contributed by atoms with Crippen molar-refractivity contribution < 1.29 is 0 Å². The van der Waals surface area contributed by atoms with Crippen molar-refractivity contribution >= 4 is 66.6 Å². The van der Waals surface area contributed by atoms with Gasteiger partial charge in [0.05, 0.1) is 22.4 Å². The van der Waals surface area contributed by atoms with E-state index in [1.165, 1.54) is 105 Å². The summed E-state index contributed by atoms with van der Waals surface area (Å²) < 4.78 is 2.68. The predicted molar refractivity (Wildman–Crippen MR) is 340 cm³/mol. The Hall–Kier alpha value is -8.14. The summed E-state index contributed by atoms with van der Waals surface area (Å²) in [6, 6.07) is 58.2. The fraction of sp³-hybridized carbons (Fsp3) is 0.237. The second kappa shape index (κ2) is 17.9. The Morgan fingerprint density at radius 2 is 1.18 bits per heavy atom. The minimum absolute atomic E-state index is 0.0861. The molecule has 0 bridgehead atoms. The largest absolute Gasteiger partial charge is 0.314 e. The summed E-state index contributed by atoms with van der Waals surface area (Å²) >= 11 is 0. The fourth-order valence-electron chi connectivity index (χ4n) is 14.1. The van der Waals surface area contributed by atoms with Crippen LogP contribution in [0.25, 0.3) is 55.0 Å². The lowest BCUT2D eigenvalue weighted by molar-refractivity contribution is 0.591. The van der Waals surface area contributed by atoms with Gasteiger partial charge in [0.1, 0.15) is 0 Å². The summed E-state index contributed by atoms with van der Waals surface area (Å²) in [5, 5.41) is 4.97. The Morgan fingerprint density at radius 1 is 0.557 bits per heavy atom. The highest BCUT2D eigenvalue weighted by atomic mass is 15.2. The fourth-order valence-corrected chi connectivity index (χ4v) is 14.1. The van der Waals surface area contributed by atoms with E-state index in [-0.39, 0.29) is 21.7 Å². The lowest BCUT2D eigenvalue weighted by atomic mass is 9.68. The van der Waals surface area contributed by atoms with Gasteiger partial charge in [-0.3, -0.25) is 0 Å². The summed E-state index contributed by atoms with van der Waals surface area (Å²) in [4.78, 5) is 5.11. The molecule has 9 aromatic rings. The van der Waals surface area contributed by atoms with Gasteiger partial charge < -0.3 is 14.4 Å². The van der Waals surface area contributed by atoms with Crippen LogP contribution >= 0.6 is 0 Å². The standard InChI is InChI=1S/C76H73N3/c1-14-24-57-49(5)74(8,9)66-44-54(37-39-60(57)66)77(48(4)34-35-52-29-20-21-40-73(52,6)7)55-42-62-63-43-56(46-68-71(63)79-70(62)67(45-55)75(10,11)64-31-23-32-65(72(64)79)76(68,12)13)78(69-33-22-28-51-27-18-19-30-59(51)69)53-36-38-58(61(41-53)47(2)3)50-25-16-15-17-26-50/h14-47H,1-13H3/b24-14-,48-34+,52-35-. The van der Waals surface area contributed by atoms with Gasteiger partial charge in [0, 0.05) is 66.3 Å². The first-order valence-corrected chi connectivity index (χ1v) is 28.7. The van der Waals surface area contributed by atoms with Crippen molar-refractivity contribution in [3.8, 4) is 16.8 Å². The van der Waals surface area contributed by atoms with E-state index < -0.39 is 0 Å². The maximum Gasteiger partial charge on any atom is 0.0583 e. The summed E-state index contributed by atoms with van der Waals surface area (Å²) in [7, 11) is 0. The Labute approximate surface area is 468 Å². The van der Waals surface area contributed by atoms with Crippen LogP contribution in [0.1, 0.15) is 135 Å². The molecule has 0 radical (unpaired) electrons. The van der Waals surface area contributed by atoms with Crippen LogP contribution in [-0.2, 0) is 16.2 Å². The third-order valence-corrected chi connectivity index (χ3v) is 18.8. The first-order chi connectivity index (χ1) is 37.8. The number of hydrogen-bond acceptors (Lipinski definition) is 2. The normalized spacial score (nSPS) is 17.6. The molecule has 0 unspecified atom stereocenters. The minimum atomic E-state index is -0.324. The molecule has 13 rings (SSSR count). The van der Waals surface area contributed by atoms with Crippen LogP contribution in [0.4, 0.5) is 28.4 Å². The molecular formula is C76H73N3. The summed E-state index contributed by atoms with van der Waals surface area (Å²) in [6.07, 6.45) is 18.1. The second-order valence-electron chi connectivity index (χ2n) is 25.3. The predicted octanol–water partition coefficient (Wildman–Crippen LogP) is 21.2. The molecule has 0 atom stereocenters. The van der Waals surface area contributed by atoms with Gasteiger partial charge >= 0.3 is 0 Å². The van der Waals surface area contributed by atoms with Gasteiger partial charge in [0.2, 0.25) is 0 Å². The number of anilines is 5. The molecule has 2 aliphatic carbocycles. The molecular weight excluding hydrogens is 955 g/mol. The molecule has 392 valence electrons. The van der Waals surface area contributed by atoms with E-state index in [4.69, 9.17) is 0 Å². The van der Waals surface area contributed by atoms with Crippen LogP contribution in [0.15, 0.2) is 217 Å². The molecule has 4 aliphatic rings. The number of allylic oxidation sites excluding steroid dienone is 12. The zero-order chi connectivity index (χ0) is 55.1. The molecule has 0 spiro atoms. The van der Waals surface area contributed by atoms with Gasteiger partial charge in [-0.15, -0.1) is 0 Å². The lowest BCUT2D eigenvalue weighted by Crippen LogP contribution is -2.33. The molecule has 2 aliphatic heterocycles. The van der Waals surface area contributed by atoms with E-state index in [9.17, 15) is 0 Å². The summed E-state index contributed by atoms with van der Waals surface area (Å²) in [5.74, 6) is 0.295. The van der Waals surface area contributed by atoms with E-state index in [2.05, 4.69) is 305 Å². The second-order valence-corrected chi connectivity index (χ2v) is 25.3. The van der Waals surface area contributed by atoms with Crippen LogP contribution < -0.4 is 9.80 Å². The maximum absolute atomic E-state index is 2.68. The lowest BCUT2D eigenvalue weighted by Gasteiger charge is -2.42. The molecule has 0 saturated carbocycles. The van der Waals surface area contributed by atoms with Crippen LogP contribution in [0, 0.1) is 5.41 Å². The van der Waals surface area contributed by atoms with Gasteiger partial charge in [-0.25, -0.2) is 0 Å². The van der Waals surface area contributed by atoms with Crippen molar-refractivity contribution in [2.24, 2.45) is 5.41 Å². The highest BCUT2D eigenvalue weighted by Crippen LogP contribution is 2.58. The van der Waals surface area contributed by atoms with Crippen LogP contribution in [0.2, 0.25) is 0 Å². The van der Waals surface area contributed by atoms with E-state index in [0.29, 0.717) is 5.92 Å². The number of nitrogens with zero attached hydrogens (tertiary/aromatic N) is 3. The summed E-state index contributed by atoms with van der Waals surface area (Å²) in [6.45, 7) is 30.6. The van der Waals surface area contributed by atoms with Crippen molar-refractivity contribution in [1.82, 2.24) is 4.57 Å². The number of benzene rings is 8. The Morgan fingerprint density at radius 3 is 1.87 bits per heavy atom. The third kappa shape index (κ3) is 7.52. The van der Waals surface area contributed by atoms with E-state index >= 15 is 0 Å². The first-order valence-electron chi connectivity index (χ1n) is 28.7. The summed E-state index contributed by atoms with van der Waals surface area (Å²) in [5.41, 5.74) is 26.0. The monoisotopic (exact) mass is 1030 g/mol. The molecule has 0 saturated heterocycles. The molecule has 3 heterocycles. The smallest absolute Gasteiger partial charge is 0.0583 e. The van der Waals surface area contributed by atoms with Crippen molar-refractivity contribution in [3.05, 3.63) is 256 Å². The zero-order valence-electron chi connectivity index (χ0n) is 48.5. The first kappa shape index (κ1) is 50.4. The number of rotatable bonds is 10. The van der Waals surface area contributed by atoms with Crippen molar-refractivity contribution in [1.29, 1.82) is 0 Å². The molecule has 1 aromatic heterocycles. The quantitative estimate of drug-likeness (QED) is 0.135. The van der Waals surface area contributed by atoms with Crippen LogP contribution in [0.5, 0.6) is 0 Å². The van der Waals surface area contributed by atoms with Crippen molar-refractivity contribution in [2.75, 3.05) is 9.80 Å². The zero-order valence-corrected chi connectivity index (χ0v) is 48.5. The highest BCUT2D eigenvalue weighted by Gasteiger charge is 2.45. The maximum atomic E-state index is 2.68. The number of fused-ring (bicyclic) bond motifs is 3. The molecule has 3 nitrogen and oxygen atoms in total. The third-order valence-electron chi connectivity index (χ3n) is 18.8. The number of para-hydroxylation sites is 1. The molecule has 79 heavy (non-hydrogen) atoms. The van der Waals surface area contributed by atoms with Gasteiger partial charge in [-0.1, -0.05) is 214 Å². The Kier molecular flexibility index (Phi) is 11.4.